The van der Waals surface area contributed by atoms with Crippen molar-refractivity contribution in [1.82, 2.24) is 5.32 Å². The number of ether oxygens (including phenoxy) is 2. The normalized spacial score (nSPS) is 27.2. The minimum Gasteiger partial charge on any atom is -0.460 e. The Balaban J connectivity index is 2.78. The standard InChI is InChI=1S/C12H19NO5/c1-7(14)13-12-10(17-8(2)15)5-4-6-11(12)18-9(3)16/h10-12H,4-6H2,1-3H3,(H,13,14)/t10-,11+,12?. The number of esters is 2. The first kappa shape index (κ1) is 14.5. The topological polar surface area (TPSA) is 81.7 Å². The van der Waals surface area contributed by atoms with Crippen LogP contribution in [0, 0.1) is 0 Å². The average molecular weight is 257 g/mol. The van der Waals surface area contributed by atoms with Crippen molar-refractivity contribution in [2.45, 2.75) is 58.3 Å². The maximum atomic E-state index is 11.2. The summed E-state index contributed by atoms with van der Waals surface area (Å²) in [6, 6.07) is -0.468. The lowest BCUT2D eigenvalue weighted by molar-refractivity contribution is -0.161. The van der Waals surface area contributed by atoms with E-state index in [1.54, 1.807) is 0 Å². The van der Waals surface area contributed by atoms with Gasteiger partial charge >= 0.3 is 11.9 Å². The molecule has 1 unspecified atom stereocenters. The Morgan fingerprint density at radius 3 is 1.72 bits per heavy atom. The molecule has 18 heavy (non-hydrogen) atoms. The van der Waals surface area contributed by atoms with Crippen LogP contribution in [-0.2, 0) is 23.9 Å². The van der Waals surface area contributed by atoms with Crippen LogP contribution >= 0.6 is 0 Å². The lowest BCUT2D eigenvalue weighted by Gasteiger charge is -2.36. The van der Waals surface area contributed by atoms with Gasteiger partial charge in [-0.1, -0.05) is 0 Å². The number of amides is 1. The summed E-state index contributed by atoms with van der Waals surface area (Å²) in [4.78, 5) is 33.2. The molecule has 102 valence electrons. The number of carbonyl (C=O) groups is 3. The molecule has 3 atom stereocenters. The van der Waals surface area contributed by atoms with Crippen molar-refractivity contribution in [2.75, 3.05) is 0 Å². The molecule has 1 aliphatic rings. The summed E-state index contributed by atoms with van der Waals surface area (Å²) in [6.45, 7) is 4.02. The Morgan fingerprint density at radius 2 is 1.39 bits per heavy atom. The van der Waals surface area contributed by atoms with Gasteiger partial charge in [0.1, 0.15) is 18.2 Å². The Labute approximate surface area is 106 Å². The molecule has 1 fully saturated rings. The molecule has 0 aromatic heterocycles. The van der Waals surface area contributed by atoms with E-state index in [-0.39, 0.29) is 5.91 Å². The van der Waals surface area contributed by atoms with E-state index in [1.807, 2.05) is 0 Å². The quantitative estimate of drug-likeness (QED) is 0.746. The van der Waals surface area contributed by atoms with Crippen molar-refractivity contribution in [3.8, 4) is 0 Å². The average Bonchev–Trinajstić information content (AvgIpc) is 2.20. The fraction of sp³-hybridized carbons (Fsp3) is 0.750. The van der Waals surface area contributed by atoms with E-state index in [9.17, 15) is 14.4 Å². The van der Waals surface area contributed by atoms with Crippen LogP contribution in [-0.4, -0.2) is 36.1 Å². The van der Waals surface area contributed by atoms with E-state index in [0.29, 0.717) is 12.8 Å². The lowest BCUT2D eigenvalue weighted by atomic mass is 9.89. The molecular weight excluding hydrogens is 238 g/mol. The zero-order chi connectivity index (χ0) is 13.7. The molecule has 1 amide bonds. The minimum atomic E-state index is -0.468. The van der Waals surface area contributed by atoms with Crippen molar-refractivity contribution >= 4 is 17.8 Å². The summed E-state index contributed by atoms with van der Waals surface area (Å²) in [7, 11) is 0. The van der Waals surface area contributed by atoms with E-state index in [1.165, 1.54) is 20.8 Å². The first-order valence-corrected chi connectivity index (χ1v) is 6.01. The second kappa shape index (κ2) is 6.37. The van der Waals surface area contributed by atoms with E-state index in [2.05, 4.69) is 5.32 Å². The van der Waals surface area contributed by atoms with Gasteiger partial charge in [-0.05, 0) is 19.3 Å². The molecule has 0 aromatic carbocycles. The van der Waals surface area contributed by atoms with Crippen LogP contribution in [0.25, 0.3) is 0 Å². The van der Waals surface area contributed by atoms with Crippen LogP contribution in [0.5, 0.6) is 0 Å². The monoisotopic (exact) mass is 257 g/mol. The van der Waals surface area contributed by atoms with Gasteiger partial charge in [0, 0.05) is 20.8 Å². The van der Waals surface area contributed by atoms with Gasteiger partial charge in [0.2, 0.25) is 5.91 Å². The molecule has 6 heteroatoms. The molecule has 0 heterocycles. The van der Waals surface area contributed by atoms with E-state index < -0.39 is 30.2 Å². The summed E-state index contributed by atoms with van der Waals surface area (Å²) in [5, 5.41) is 2.70. The van der Waals surface area contributed by atoms with Crippen LogP contribution in [0.15, 0.2) is 0 Å². The van der Waals surface area contributed by atoms with Gasteiger partial charge in [-0.25, -0.2) is 0 Å². The fourth-order valence-corrected chi connectivity index (χ4v) is 2.23. The van der Waals surface area contributed by atoms with Crippen molar-refractivity contribution in [2.24, 2.45) is 0 Å². The second-order valence-electron chi connectivity index (χ2n) is 4.45. The highest BCUT2D eigenvalue weighted by Crippen LogP contribution is 2.24. The Kier molecular flexibility index (Phi) is 5.12. The number of carbonyl (C=O) groups excluding carboxylic acids is 3. The second-order valence-corrected chi connectivity index (χ2v) is 4.45. The predicted octanol–water partition coefficient (Wildman–Crippen LogP) is 0.538. The molecule has 1 rings (SSSR count). The van der Waals surface area contributed by atoms with E-state index >= 15 is 0 Å². The summed E-state index contributed by atoms with van der Waals surface area (Å²) < 4.78 is 10.3. The number of nitrogens with one attached hydrogen (secondary N) is 1. The fourth-order valence-electron chi connectivity index (χ4n) is 2.23. The van der Waals surface area contributed by atoms with E-state index in [4.69, 9.17) is 9.47 Å². The molecule has 0 bridgehead atoms. The van der Waals surface area contributed by atoms with Crippen LogP contribution in [0.1, 0.15) is 40.0 Å². The number of hydrogen-bond donors (Lipinski definition) is 1. The number of rotatable bonds is 3. The molecule has 0 aromatic rings. The van der Waals surface area contributed by atoms with Crippen molar-refractivity contribution in [3.63, 3.8) is 0 Å². The van der Waals surface area contributed by atoms with Gasteiger partial charge in [-0.2, -0.15) is 0 Å². The summed E-state index contributed by atoms with van der Waals surface area (Å²) in [5.74, 6) is -1.05. The highest BCUT2D eigenvalue weighted by Gasteiger charge is 2.37. The molecule has 1 N–H and O–H groups in total. The van der Waals surface area contributed by atoms with Gasteiger partial charge in [-0.15, -0.1) is 0 Å². The SMILES string of the molecule is CC(=O)NC1[C@@H](OC(C)=O)CCC[C@H]1OC(C)=O. The maximum absolute atomic E-state index is 11.2. The molecule has 0 radical (unpaired) electrons. The number of hydrogen-bond acceptors (Lipinski definition) is 5. The minimum absolute atomic E-state index is 0.240. The van der Waals surface area contributed by atoms with Gasteiger partial charge < -0.3 is 14.8 Å². The van der Waals surface area contributed by atoms with Crippen molar-refractivity contribution < 1.29 is 23.9 Å². The summed E-state index contributed by atoms with van der Waals surface area (Å²) in [6.07, 6.45) is 1.21. The third kappa shape index (κ3) is 4.35. The molecular formula is C12H19NO5. The van der Waals surface area contributed by atoms with Gasteiger partial charge in [0.15, 0.2) is 0 Å². The van der Waals surface area contributed by atoms with Gasteiger partial charge in [0.25, 0.3) is 0 Å². The third-order valence-electron chi connectivity index (χ3n) is 2.78. The largest absolute Gasteiger partial charge is 0.460 e. The lowest BCUT2D eigenvalue weighted by Crippen LogP contribution is -2.55. The highest BCUT2D eigenvalue weighted by atomic mass is 16.6. The summed E-state index contributed by atoms with van der Waals surface area (Å²) >= 11 is 0. The Bertz CT molecular complexity index is 317. The third-order valence-corrected chi connectivity index (χ3v) is 2.78. The zero-order valence-corrected chi connectivity index (χ0v) is 10.9. The van der Waals surface area contributed by atoms with Crippen LogP contribution in [0.2, 0.25) is 0 Å². The first-order chi connectivity index (χ1) is 8.40. The van der Waals surface area contributed by atoms with Crippen LogP contribution in [0.3, 0.4) is 0 Å². The molecule has 1 aliphatic carbocycles. The smallest absolute Gasteiger partial charge is 0.302 e. The van der Waals surface area contributed by atoms with Crippen molar-refractivity contribution in [3.05, 3.63) is 0 Å². The summed E-state index contributed by atoms with van der Waals surface area (Å²) in [5.41, 5.74) is 0. The Morgan fingerprint density at radius 1 is 0.944 bits per heavy atom. The first-order valence-electron chi connectivity index (χ1n) is 6.01. The van der Waals surface area contributed by atoms with Gasteiger partial charge in [-0.3, -0.25) is 14.4 Å². The molecule has 1 saturated carbocycles. The van der Waals surface area contributed by atoms with E-state index in [0.717, 1.165) is 6.42 Å². The Hall–Kier alpha value is -1.59. The van der Waals surface area contributed by atoms with Gasteiger partial charge in [0.05, 0.1) is 0 Å². The predicted molar refractivity (Wildman–Crippen MR) is 62.6 cm³/mol. The van der Waals surface area contributed by atoms with Crippen molar-refractivity contribution in [1.29, 1.82) is 0 Å². The highest BCUT2D eigenvalue weighted by molar-refractivity contribution is 5.73. The molecule has 6 nitrogen and oxygen atoms in total. The molecule has 0 aliphatic heterocycles. The zero-order valence-electron chi connectivity index (χ0n) is 10.9. The van der Waals surface area contributed by atoms with Crippen LogP contribution in [0.4, 0.5) is 0 Å². The van der Waals surface area contributed by atoms with Crippen LogP contribution < -0.4 is 5.32 Å². The molecule has 0 saturated heterocycles. The molecule has 0 spiro atoms. The maximum Gasteiger partial charge on any atom is 0.302 e.